The van der Waals surface area contributed by atoms with Crippen molar-refractivity contribution in [2.75, 3.05) is 5.32 Å². The van der Waals surface area contributed by atoms with E-state index < -0.39 is 0 Å². The number of rotatable bonds is 3. The molecule has 0 bridgehead atoms. The highest BCUT2D eigenvalue weighted by Crippen LogP contribution is 2.18. The second-order valence-corrected chi connectivity index (χ2v) is 3.88. The molecule has 2 rings (SSSR count). The summed E-state index contributed by atoms with van der Waals surface area (Å²) >= 11 is 5.81. The lowest BCUT2D eigenvalue weighted by Gasteiger charge is -2.14. The first kappa shape index (κ1) is 10.9. The molecule has 82 valence electrons. The molecule has 2 aromatic heterocycles. The standard InChI is InChI=1S/C12H12ClN3/c1-9(11-4-2-3-6-14-11)16-10-5-7-15-12(13)8-10/h2-9H,1H3,(H,15,16). The summed E-state index contributed by atoms with van der Waals surface area (Å²) in [6.45, 7) is 2.05. The summed E-state index contributed by atoms with van der Waals surface area (Å²) in [5, 5.41) is 3.80. The fourth-order valence-corrected chi connectivity index (χ4v) is 1.62. The molecule has 1 unspecified atom stereocenters. The number of hydrogen-bond donors (Lipinski definition) is 1. The fraction of sp³-hybridized carbons (Fsp3) is 0.167. The number of hydrogen-bond acceptors (Lipinski definition) is 3. The maximum absolute atomic E-state index is 5.81. The molecule has 0 fully saturated rings. The fourth-order valence-electron chi connectivity index (χ4n) is 1.45. The van der Waals surface area contributed by atoms with Gasteiger partial charge in [0.1, 0.15) is 5.15 Å². The van der Waals surface area contributed by atoms with Crippen molar-refractivity contribution in [3.63, 3.8) is 0 Å². The smallest absolute Gasteiger partial charge is 0.131 e. The normalized spacial score (nSPS) is 12.1. The summed E-state index contributed by atoms with van der Waals surface area (Å²) in [6, 6.07) is 9.67. The summed E-state index contributed by atoms with van der Waals surface area (Å²) in [5.74, 6) is 0. The van der Waals surface area contributed by atoms with Crippen molar-refractivity contribution in [2.45, 2.75) is 13.0 Å². The first-order chi connectivity index (χ1) is 7.75. The summed E-state index contributed by atoms with van der Waals surface area (Å²) in [4.78, 5) is 8.22. The van der Waals surface area contributed by atoms with Crippen molar-refractivity contribution >= 4 is 17.3 Å². The van der Waals surface area contributed by atoms with Crippen LogP contribution >= 0.6 is 11.6 Å². The second kappa shape index (κ2) is 4.94. The molecule has 0 aromatic carbocycles. The van der Waals surface area contributed by atoms with Crippen LogP contribution in [0.2, 0.25) is 5.15 Å². The number of halogens is 1. The van der Waals surface area contributed by atoms with Gasteiger partial charge in [-0.15, -0.1) is 0 Å². The topological polar surface area (TPSA) is 37.8 Å². The van der Waals surface area contributed by atoms with Gasteiger partial charge in [-0.1, -0.05) is 17.7 Å². The number of nitrogens with zero attached hydrogens (tertiary/aromatic N) is 2. The highest BCUT2D eigenvalue weighted by atomic mass is 35.5. The lowest BCUT2D eigenvalue weighted by molar-refractivity contribution is 0.839. The molecule has 0 saturated heterocycles. The van der Waals surface area contributed by atoms with E-state index in [0.29, 0.717) is 5.15 Å². The predicted octanol–water partition coefficient (Wildman–Crippen LogP) is 3.30. The minimum absolute atomic E-state index is 0.139. The summed E-state index contributed by atoms with van der Waals surface area (Å²) in [5.41, 5.74) is 1.94. The van der Waals surface area contributed by atoms with E-state index >= 15 is 0 Å². The largest absolute Gasteiger partial charge is 0.377 e. The average molecular weight is 234 g/mol. The van der Waals surface area contributed by atoms with Gasteiger partial charge in [0.15, 0.2) is 0 Å². The van der Waals surface area contributed by atoms with E-state index in [-0.39, 0.29) is 6.04 Å². The van der Waals surface area contributed by atoms with Crippen LogP contribution in [0.25, 0.3) is 0 Å². The Hall–Kier alpha value is -1.61. The highest BCUT2D eigenvalue weighted by Gasteiger charge is 2.05. The third kappa shape index (κ3) is 2.70. The molecule has 16 heavy (non-hydrogen) atoms. The van der Waals surface area contributed by atoms with Crippen molar-refractivity contribution in [3.05, 3.63) is 53.6 Å². The zero-order valence-electron chi connectivity index (χ0n) is 8.89. The van der Waals surface area contributed by atoms with E-state index in [9.17, 15) is 0 Å². The Balaban J connectivity index is 2.11. The number of anilines is 1. The molecule has 1 atom stereocenters. The minimum atomic E-state index is 0.139. The first-order valence-electron chi connectivity index (χ1n) is 5.05. The van der Waals surface area contributed by atoms with Crippen molar-refractivity contribution in [1.29, 1.82) is 0 Å². The molecule has 1 N–H and O–H groups in total. The van der Waals surface area contributed by atoms with E-state index in [1.165, 1.54) is 0 Å². The van der Waals surface area contributed by atoms with Crippen LogP contribution in [0.1, 0.15) is 18.7 Å². The molecule has 0 aliphatic rings. The van der Waals surface area contributed by atoms with Gasteiger partial charge in [0, 0.05) is 18.1 Å². The zero-order chi connectivity index (χ0) is 11.4. The number of nitrogens with one attached hydrogen (secondary N) is 1. The third-order valence-corrected chi connectivity index (χ3v) is 2.45. The third-order valence-electron chi connectivity index (χ3n) is 2.24. The maximum atomic E-state index is 5.81. The quantitative estimate of drug-likeness (QED) is 0.827. The molecule has 3 nitrogen and oxygen atoms in total. The van der Waals surface area contributed by atoms with Gasteiger partial charge in [0.25, 0.3) is 0 Å². The Morgan fingerprint density at radius 2 is 2.06 bits per heavy atom. The zero-order valence-corrected chi connectivity index (χ0v) is 9.65. The number of pyridine rings is 2. The predicted molar refractivity (Wildman–Crippen MR) is 65.5 cm³/mol. The van der Waals surface area contributed by atoms with Gasteiger partial charge in [-0.3, -0.25) is 4.98 Å². The van der Waals surface area contributed by atoms with Crippen LogP contribution in [-0.4, -0.2) is 9.97 Å². The van der Waals surface area contributed by atoms with Crippen LogP contribution in [0, 0.1) is 0 Å². The van der Waals surface area contributed by atoms with Crippen molar-refractivity contribution in [3.8, 4) is 0 Å². The van der Waals surface area contributed by atoms with Crippen LogP contribution < -0.4 is 5.32 Å². The van der Waals surface area contributed by atoms with E-state index in [2.05, 4.69) is 22.2 Å². The molecular formula is C12H12ClN3. The van der Waals surface area contributed by atoms with E-state index in [0.717, 1.165) is 11.4 Å². The lowest BCUT2D eigenvalue weighted by atomic mass is 10.2. The average Bonchev–Trinajstić information content (AvgIpc) is 2.30. The van der Waals surface area contributed by atoms with Gasteiger partial charge in [-0.2, -0.15) is 0 Å². The van der Waals surface area contributed by atoms with Crippen LogP contribution in [0.3, 0.4) is 0 Å². The Bertz CT molecular complexity index is 459. The molecular weight excluding hydrogens is 222 g/mol. The number of aromatic nitrogens is 2. The van der Waals surface area contributed by atoms with Gasteiger partial charge < -0.3 is 5.32 Å². The van der Waals surface area contributed by atoms with Gasteiger partial charge in [-0.25, -0.2) is 4.98 Å². The van der Waals surface area contributed by atoms with E-state index in [1.807, 2.05) is 24.3 Å². The van der Waals surface area contributed by atoms with Crippen LogP contribution in [-0.2, 0) is 0 Å². The van der Waals surface area contributed by atoms with Gasteiger partial charge in [-0.05, 0) is 31.2 Å². The van der Waals surface area contributed by atoms with E-state index in [1.54, 1.807) is 18.5 Å². The molecule has 2 heterocycles. The Morgan fingerprint density at radius 1 is 1.19 bits per heavy atom. The molecule has 2 aromatic rings. The van der Waals surface area contributed by atoms with Gasteiger partial charge >= 0.3 is 0 Å². The van der Waals surface area contributed by atoms with Crippen LogP contribution in [0.15, 0.2) is 42.7 Å². The lowest BCUT2D eigenvalue weighted by Crippen LogP contribution is -2.08. The van der Waals surface area contributed by atoms with Gasteiger partial charge in [0.2, 0.25) is 0 Å². The van der Waals surface area contributed by atoms with Gasteiger partial charge in [0.05, 0.1) is 11.7 Å². The summed E-state index contributed by atoms with van der Waals surface area (Å²) < 4.78 is 0. The Labute approximate surface area is 99.5 Å². The molecule has 0 spiro atoms. The molecule has 4 heteroatoms. The molecule has 0 aliphatic carbocycles. The molecule has 0 saturated carbocycles. The molecule has 0 radical (unpaired) electrons. The minimum Gasteiger partial charge on any atom is -0.377 e. The van der Waals surface area contributed by atoms with Crippen LogP contribution in [0.5, 0.6) is 0 Å². The van der Waals surface area contributed by atoms with Crippen molar-refractivity contribution < 1.29 is 0 Å². The monoisotopic (exact) mass is 233 g/mol. The summed E-state index contributed by atoms with van der Waals surface area (Å²) in [7, 11) is 0. The SMILES string of the molecule is CC(Nc1ccnc(Cl)c1)c1ccccn1. The van der Waals surface area contributed by atoms with E-state index in [4.69, 9.17) is 11.6 Å². The molecule has 0 aliphatic heterocycles. The maximum Gasteiger partial charge on any atom is 0.131 e. The Morgan fingerprint density at radius 3 is 2.75 bits per heavy atom. The highest BCUT2D eigenvalue weighted by molar-refractivity contribution is 6.29. The van der Waals surface area contributed by atoms with Crippen molar-refractivity contribution in [1.82, 2.24) is 9.97 Å². The first-order valence-corrected chi connectivity index (χ1v) is 5.42. The summed E-state index contributed by atoms with van der Waals surface area (Å²) in [6.07, 6.45) is 3.46. The van der Waals surface area contributed by atoms with Crippen LogP contribution in [0.4, 0.5) is 5.69 Å². The van der Waals surface area contributed by atoms with Crippen molar-refractivity contribution in [2.24, 2.45) is 0 Å². The Kier molecular flexibility index (Phi) is 3.37. The molecule has 0 amide bonds. The second-order valence-electron chi connectivity index (χ2n) is 3.49.